The molecule has 0 aliphatic carbocycles. The third-order valence-electron chi connectivity index (χ3n) is 3.61. The van der Waals surface area contributed by atoms with E-state index in [0.29, 0.717) is 6.54 Å². The number of aromatic nitrogens is 1. The van der Waals surface area contributed by atoms with Crippen molar-refractivity contribution in [2.24, 2.45) is 0 Å². The molecule has 0 spiro atoms. The van der Waals surface area contributed by atoms with Crippen molar-refractivity contribution >= 4 is 10.9 Å². The van der Waals surface area contributed by atoms with E-state index in [-0.39, 0.29) is 18.8 Å². The summed E-state index contributed by atoms with van der Waals surface area (Å²) in [5.41, 5.74) is 0.748. The molecule has 1 fully saturated rings. The van der Waals surface area contributed by atoms with Gasteiger partial charge in [-0.05, 0) is 19.2 Å². The number of pyridine rings is 1. The van der Waals surface area contributed by atoms with Crippen LogP contribution in [0.15, 0.2) is 36.4 Å². The van der Waals surface area contributed by atoms with Gasteiger partial charge >= 0.3 is 0 Å². The second-order valence-electron chi connectivity index (χ2n) is 5.22. The molecule has 3 nitrogen and oxygen atoms in total. The Labute approximate surface area is 116 Å². The zero-order valence-electron chi connectivity index (χ0n) is 11.2. The summed E-state index contributed by atoms with van der Waals surface area (Å²) in [5.74, 6) is -2.55. The van der Waals surface area contributed by atoms with Crippen LogP contribution < -0.4 is 4.74 Å². The number of benzene rings is 1. The number of nitrogens with zero attached hydrogens (tertiary/aromatic N) is 2. The molecule has 1 atom stereocenters. The Kier molecular flexibility index (Phi) is 3.30. The molecular weight excluding hydrogens is 262 g/mol. The maximum Gasteiger partial charge on any atom is 0.286 e. The summed E-state index contributed by atoms with van der Waals surface area (Å²) in [4.78, 5) is 6.14. The van der Waals surface area contributed by atoms with Gasteiger partial charge in [0, 0.05) is 31.0 Å². The standard InChI is InChI=1S/C15H16F2N2O/c1-19-9-8-15(16,17)13(10-19)20-14-7-6-11-4-2-3-5-12(11)18-14/h2-7,13H,8-10H2,1H3. The van der Waals surface area contributed by atoms with Crippen LogP contribution in [-0.4, -0.2) is 42.0 Å². The molecule has 1 aromatic carbocycles. The maximum absolute atomic E-state index is 13.9. The van der Waals surface area contributed by atoms with Crippen molar-refractivity contribution in [3.8, 4) is 5.88 Å². The number of hydrogen-bond acceptors (Lipinski definition) is 3. The fourth-order valence-corrected chi connectivity index (χ4v) is 2.39. The number of fused-ring (bicyclic) bond motifs is 1. The average molecular weight is 278 g/mol. The molecule has 2 heterocycles. The highest BCUT2D eigenvalue weighted by atomic mass is 19.3. The van der Waals surface area contributed by atoms with Crippen LogP contribution in [0.25, 0.3) is 10.9 Å². The maximum atomic E-state index is 13.9. The van der Waals surface area contributed by atoms with E-state index in [4.69, 9.17) is 4.74 Å². The molecule has 1 aliphatic rings. The predicted molar refractivity (Wildman–Crippen MR) is 73.2 cm³/mol. The summed E-state index contributed by atoms with van der Waals surface area (Å²) in [6.45, 7) is 0.597. The van der Waals surface area contributed by atoms with Crippen molar-refractivity contribution in [1.82, 2.24) is 9.88 Å². The van der Waals surface area contributed by atoms with Crippen molar-refractivity contribution in [1.29, 1.82) is 0 Å². The fraction of sp³-hybridized carbons (Fsp3) is 0.400. The number of rotatable bonds is 2. The molecule has 20 heavy (non-hydrogen) atoms. The normalized spacial score (nSPS) is 22.9. The van der Waals surface area contributed by atoms with E-state index in [9.17, 15) is 8.78 Å². The first-order chi connectivity index (χ1) is 9.54. The highest BCUT2D eigenvalue weighted by Crippen LogP contribution is 2.31. The summed E-state index contributed by atoms with van der Waals surface area (Å²) in [5, 5.41) is 0.965. The van der Waals surface area contributed by atoms with Crippen molar-refractivity contribution < 1.29 is 13.5 Å². The van der Waals surface area contributed by atoms with Crippen LogP contribution in [0.2, 0.25) is 0 Å². The lowest BCUT2D eigenvalue weighted by atomic mass is 10.0. The Morgan fingerprint density at radius 3 is 2.90 bits per heavy atom. The quantitative estimate of drug-likeness (QED) is 0.844. The zero-order chi connectivity index (χ0) is 14.2. The monoisotopic (exact) mass is 278 g/mol. The van der Waals surface area contributed by atoms with Crippen LogP contribution in [0, 0.1) is 0 Å². The van der Waals surface area contributed by atoms with E-state index in [1.807, 2.05) is 42.3 Å². The number of likely N-dealkylation sites (tertiary alicyclic amines) is 1. The van der Waals surface area contributed by atoms with E-state index < -0.39 is 12.0 Å². The Morgan fingerprint density at radius 1 is 1.25 bits per heavy atom. The summed E-state index contributed by atoms with van der Waals surface area (Å²) in [7, 11) is 1.82. The molecular formula is C15H16F2N2O. The van der Waals surface area contributed by atoms with Crippen LogP contribution in [0.1, 0.15) is 6.42 Å². The molecule has 1 aromatic heterocycles. The van der Waals surface area contributed by atoms with Gasteiger partial charge in [0.15, 0.2) is 6.10 Å². The molecule has 1 saturated heterocycles. The predicted octanol–water partition coefficient (Wildman–Crippen LogP) is 2.95. The van der Waals surface area contributed by atoms with E-state index in [2.05, 4.69) is 4.98 Å². The highest BCUT2D eigenvalue weighted by Gasteiger charge is 2.45. The zero-order valence-corrected chi connectivity index (χ0v) is 11.2. The van der Waals surface area contributed by atoms with Gasteiger partial charge < -0.3 is 9.64 Å². The summed E-state index contributed by atoms with van der Waals surface area (Å²) < 4.78 is 33.2. The minimum Gasteiger partial charge on any atom is -0.467 e. The second-order valence-corrected chi connectivity index (χ2v) is 5.22. The van der Waals surface area contributed by atoms with Crippen molar-refractivity contribution in [2.75, 3.05) is 20.1 Å². The molecule has 106 valence electrons. The van der Waals surface area contributed by atoms with E-state index in [1.54, 1.807) is 6.07 Å². The van der Waals surface area contributed by atoms with Crippen LogP contribution in [0.3, 0.4) is 0 Å². The van der Waals surface area contributed by atoms with Crippen molar-refractivity contribution in [3.63, 3.8) is 0 Å². The van der Waals surface area contributed by atoms with Crippen LogP contribution in [0.5, 0.6) is 5.88 Å². The Balaban J connectivity index is 1.84. The number of likely N-dealkylation sites (N-methyl/N-ethyl adjacent to an activating group) is 1. The molecule has 1 unspecified atom stereocenters. The van der Waals surface area contributed by atoms with Gasteiger partial charge in [0.2, 0.25) is 5.88 Å². The summed E-state index contributed by atoms with van der Waals surface area (Å²) in [6, 6.07) is 11.0. The third-order valence-corrected chi connectivity index (χ3v) is 3.61. The second kappa shape index (κ2) is 4.98. The minimum atomic E-state index is -2.81. The van der Waals surface area contributed by atoms with Gasteiger partial charge in [-0.15, -0.1) is 0 Å². The minimum absolute atomic E-state index is 0.179. The Morgan fingerprint density at radius 2 is 2.05 bits per heavy atom. The summed E-state index contributed by atoms with van der Waals surface area (Å²) >= 11 is 0. The first-order valence-electron chi connectivity index (χ1n) is 6.63. The molecule has 0 bridgehead atoms. The van der Waals surface area contributed by atoms with Crippen molar-refractivity contribution in [2.45, 2.75) is 18.4 Å². The van der Waals surface area contributed by atoms with Gasteiger partial charge in [0.05, 0.1) is 5.52 Å². The molecule has 0 amide bonds. The van der Waals surface area contributed by atoms with E-state index >= 15 is 0 Å². The molecule has 0 radical (unpaired) electrons. The van der Waals surface area contributed by atoms with Gasteiger partial charge in [-0.1, -0.05) is 18.2 Å². The molecule has 0 N–H and O–H groups in total. The van der Waals surface area contributed by atoms with Gasteiger partial charge in [0.1, 0.15) is 0 Å². The lowest BCUT2D eigenvalue weighted by Gasteiger charge is -2.36. The van der Waals surface area contributed by atoms with Gasteiger partial charge in [-0.3, -0.25) is 0 Å². The van der Waals surface area contributed by atoms with Gasteiger partial charge in [-0.25, -0.2) is 13.8 Å². The topological polar surface area (TPSA) is 25.4 Å². The van der Waals surface area contributed by atoms with E-state index in [1.165, 1.54) is 0 Å². The van der Waals surface area contributed by atoms with Gasteiger partial charge in [-0.2, -0.15) is 0 Å². The Hall–Kier alpha value is -1.75. The number of para-hydroxylation sites is 1. The number of hydrogen-bond donors (Lipinski definition) is 0. The fourth-order valence-electron chi connectivity index (χ4n) is 2.39. The highest BCUT2D eigenvalue weighted by molar-refractivity contribution is 5.78. The molecule has 3 rings (SSSR count). The SMILES string of the molecule is CN1CCC(F)(F)C(Oc2ccc3ccccc3n2)C1. The number of alkyl halides is 2. The van der Waals surface area contributed by atoms with Crippen LogP contribution >= 0.6 is 0 Å². The van der Waals surface area contributed by atoms with E-state index in [0.717, 1.165) is 10.9 Å². The number of halogens is 2. The number of piperidine rings is 1. The summed E-state index contributed by atoms with van der Waals surface area (Å²) in [6.07, 6.45) is -1.32. The molecule has 1 aliphatic heterocycles. The van der Waals surface area contributed by atoms with Crippen molar-refractivity contribution in [3.05, 3.63) is 36.4 Å². The van der Waals surface area contributed by atoms with Crippen LogP contribution in [-0.2, 0) is 0 Å². The first kappa shape index (κ1) is 13.2. The van der Waals surface area contributed by atoms with Crippen LogP contribution in [0.4, 0.5) is 8.78 Å². The smallest absolute Gasteiger partial charge is 0.286 e. The lowest BCUT2D eigenvalue weighted by molar-refractivity contribution is -0.134. The number of ether oxygens (including phenoxy) is 1. The molecule has 2 aromatic rings. The lowest BCUT2D eigenvalue weighted by Crippen LogP contribution is -2.52. The largest absolute Gasteiger partial charge is 0.467 e. The third kappa shape index (κ3) is 2.58. The molecule has 0 saturated carbocycles. The average Bonchev–Trinajstić information content (AvgIpc) is 2.43. The van der Waals surface area contributed by atoms with Gasteiger partial charge in [0.25, 0.3) is 5.92 Å². The first-order valence-corrected chi connectivity index (χ1v) is 6.63. The Bertz CT molecular complexity index is 618. The molecule has 5 heteroatoms.